The predicted molar refractivity (Wildman–Crippen MR) is 84.4 cm³/mol. The number of primary amides is 1. The van der Waals surface area contributed by atoms with Gasteiger partial charge in [0.25, 0.3) is 5.91 Å². The zero-order valence-electron chi connectivity index (χ0n) is 12.1. The van der Waals surface area contributed by atoms with Gasteiger partial charge in [0, 0.05) is 17.4 Å². The van der Waals surface area contributed by atoms with Crippen molar-refractivity contribution < 1.29 is 9.53 Å². The zero-order chi connectivity index (χ0) is 15.4. The molecular formula is C16H19N3O2. The summed E-state index contributed by atoms with van der Waals surface area (Å²) in [5.74, 6) is 0.312. The Hall–Kier alpha value is -2.69. The van der Waals surface area contributed by atoms with E-state index in [2.05, 4.69) is 5.32 Å². The first-order chi connectivity index (χ1) is 10.0. The molecule has 1 atom stereocenters. The summed E-state index contributed by atoms with van der Waals surface area (Å²) >= 11 is 0. The standard InChI is InChI=1S/C16H19N3O2/c1-10(11-3-6-13(21-2)7-4-11)19-15-9-12(17)5-8-14(15)16(18)20/h3-10,19H,17H2,1-2H3,(H2,18,20). The number of nitrogens with two attached hydrogens (primary N) is 2. The average molecular weight is 285 g/mol. The molecular weight excluding hydrogens is 266 g/mol. The molecule has 0 aliphatic rings. The molecule has 110 valence electrons. The lowest BCUT2D eigenvalue weighted by Crippen LogP contribution is -2.16. The van der Waals surface area contributed by atoms with Gasteiger partial charge >= 0.3 is 0 Å². The van der Waals surface area contributed by atoms with Gasteiger partial charge < -0.3 is 21.5 Å². The largest absolute Gasteiger partial charge is 0.497 e. The van der Waals surface area contributed by atoms with Gasteiger partial charge in [-0.25, -0.2) is 0 Å². The van der Waals surface area contributed by atoms with E-state index in [9.17, 15) is 4.79 Å². The van der Waals surface area contributed by atoms with E-state index < -0.39 is 5.91 Å². The van der Waals surface area contributed by atoms with E-state index in [1.807, 2.05) is 31.2 Å². The second kappa shape index (κ2) is 6.17. The van der Waals surface area contributed by atoms with Crippen LogP contribution in [0.1, 0.15) is 28.9 Å². The minimum Gasteiger partial charge on any atom is -0.497 e. The van der Waals surface area contributed by atoms with Gasteiger partial charge in [-0.15, -0.1) is 0 Å². The van der Waals surface area contributed by atoms with Crippen LogP contribution in [0.15, 0.2) is 42.5 Å². The number of hydrogen-bond acceptors (Lipinski definition) is 4. The van der Waals surface area contributed by atoms with Crippen LogP contribution in [0, 0.1) is 0 Å². The van der Waals surface area contributed by atoms with Gasteiger partial charge in [-0.05, 0) is 42.8 Å². The van der Waals surface area contributed by atoms with Crippen molar-refractivity contribution in [3.8, 4) is 5.75 Å². The molecule has 0 spiro atoms. The van der Waals surface area contributed by atoms with Crippen molar-refractivity contribution in [2.75, 3.05) is 18.2 Å². The summed E-state index contributed by atoms with van der Waals surface area (Å²) < 4.78 is 5.14. The second-order valence-electron chi connectivity index (χ2n) is 4.81. The molecule has 0 bridgehead atoms. The SMILES string of the molecule is COc1ccc(C(C)Nc2cc(N)ccc2C(N)=O)cc1. The Kier molecular flexibility index (Phi) is 4.33. The van der Waals surface area contributed by atoms with Crippen molar-refractivity contribution in [2.24, 2.45) is 5.73 Å². The van der Waals surface area contributed by atoms with E-state index >= 15 is 0 Å². The van der Waals surface area contributed by atoms with E-state index in [4.69, 9.17) is 16.2 Å². The van der Waals surface area contributed by atoms with Crippen molar-refractivity contribution >= 4 is 17.3 Å². The summed E-state index contributed by atoms with van der Waals surface area (Å²) in [7, 11) is 1.63. The van der Waals surface area contributed by atoms with Crippen molar-refractivity contribution in [3.63, 3.8) is 0 Å². The lowest BCUT2D eigenvalue weighted by atomic mass is 10.1. The van der Waals surface area contributed by atoms with Gasteiger partial charge in [-0.3, -0.25) is 4.79 Å². The van der Waals surface area contributed by atoms with Gasteiger partial charge in [0.05, 0.1) is 12.7 Å². The molecule has 2 rings (SSSR count). The smallest absolute Gasteiger partial charge is 0.250 e. The Morgan fingerprint density at radius 2 is 1.86 bits per heavy atom. The monoisotopic (exact) mass is 285 g/mol. The average Bonchev–Trinajstić information content (AvgIpc) is 2.47. The molecule has 5 heteroatoms. The highest BCUT2D eigenvalue weighted by Gasteiger charge is 2.12. The molecule has 1 amide bonds. The van der Waals surface area contributed by atoms with Gasteiger partial charge in [0.15, 0.2) is 0 Å². The molecule has 0 aliphatic carbocycles. The first-order valence-corrected chi connectivity index (χ1v) is 6.61. The number of hydrogen-bond donors (Lipinski definition) is 3. The minimum atomic E-state index is -0.487. The molecule has 5 nitrogen and oxygen atoms in total. The fourth-order valence-electron chi connectivity index (χ4n) is 2.11. The molecule has 2 aromatic carbocycles. The highest BCUT2D eigenvalue weighted by molar-refractivity contribution is 5.99. The van der Waals surface area contributed by atoms with Gasteiger partial charge in [0.2, 0.25) is 0 Å². The van der Waals surface area contributed by atoms with E-state index in [-0.39, 0.29) is 6.04 Å². The Bertz CT molecular complexity index is 638. The van der Waals surface area contributed by atoms with Crippen LogP contribution in [-0.2, 0) is 0 Å². The normalized spacial score (nSPS) is 11.7. The molecule has 1 unspecified atom stereocenters. The number of ether oxygens (including phenoxy) is 1. The Labute approximate surface area is 123 Å². The van der Waals surface area contributed by atoms with E-state index in [1.54, 1.807) is 25.3 Å². The Morgan fingerprint density at radius 3 is 2.43 bits per heavy atom. The third-order valence-electron chi connectivity index (χ3n) is 3.30. The van der Waals surface area contributed by atoms with Gasteiger partial charge in [0.1, 0.15) is 5.75 Å². The maximum absolute atomic E-state index is 11.5. The lowest BCUT2D eigenvalue weighted by molar-refractivity contribution is 0.100. The molecule has 21 heavy (non-hydrogen) atoms. The minimum absolute atomic E-state index is 0.00388. The molecule has 2 aromatic rings. The number of carbonyl (C=O) groups is 1. The van der Waals surface area contributed by atoms with Crippen LogP contribution >= 0.6 is 0 Å². The van der Waals surface area contributed by atoms with Crippen LogP contribution in [0.4, 0.5) is 11.4 Å². The fourth-order valence-corrected chi connectivity index (χ4v) is 2.11. The molecule has 0 fully saturated rings. The highest BCUT2D eigenvalue weighted by Crippen LogP contribution is 2.25. The molecule has 0 heterocycles. The zero-order valence-corrected chi connectivity index (χ0v) is 12.1. The van der Waals surface area contributed by atoms with Crippen molar-refractivity contribution in [1.29, 1.82) is 0 Å². The number of rotatable bonds is 5. The molecule has 0 aliphatic heterocycles. The second-order valence-corrected chi connectivity index (χ2v) is 4.81. The number of benzene rings is 2. The van der Waals surface area contributed by atoms with E-state index in [0.29, 0.717) is 16.9 Å². The Balaban J connectivity index is 2.24. The van der Waals surface area contributed by atoms with Crippen LogP contribution in [0.25, 0.3) is 0 Å². The predicted octanol–water partition coefficient (Wildman–Crippen LogP) is 2.55. The topological polar surface area (TPSA) is 90.4 Å². The Morgan fingerprint density at radius 1 is 1.19 bits per heavy atom. The third kappa shape index (κ3) is 3.45. The van der Waals surface area contributed by atoms with Crippen LogP contribution in [-0.4, -0.2) is 13.0 Å². The maximum atomic E-state index is 11.5. The fraction of sp³-hybridized carbons (Fsp3) is 0.188. The van der Waals surface area contributed by atoms with Gasteiger partial charge in [-0.2, -0.15) is 0 Å². The van der Waals surface area contributed by atoms with E-state index in [0.717, 1.165) is 11.3 Å². The summed E-state index contributed by atoms with van der Waals surface area (Å²) in [6.07, 6.45) is 0. The van der Waals surface area contributed by atoms with Crippen molar-refractivity contribution in [1.82, 2.24) is 0 Å². The summed E-state index contributed by atoms with van der Waals surface area (Å²) in [6, 6.07) is 12.7. The van der Waals surface area contributed by atoms with Crippen LogP contribution in [0.3, 0.4) is 0 Å². The van der Waals surface area contributed by atoms with Gasteiger partial charge in [-0.1, -0.05) is 12.1 Å². The lowest BCUT2D eigenvalue weighted by Gasteiger charge is -2.18. The summed E-state index contributed by atoms with van der Waals surface area (Å²) in [6.45, 7) is 2.00. The number of anilines is 2. The van der Waals surface area contributed by atoms with Crippen LogP contribution < -0.4 is 21.5 Å². The molecule has 5 N–H and O–H groups in total. The number of amides is 1. The third-order valence-corrected chi connectivity index (χ3v) is 3.30. The molecule has 0 saturated carbocycles. The number of nitrogen functional groups attached to an aromatic ring is 1. The molecule has 0 saturated heterocycles. The highest BCUT2D eigenvalue weighted by atomic mass is 16.5. The van der Waals surface area contributed by atoms with Crippen LogP contribution in [0.5, 0.6) is 5.75 Å². The number of carbonyl (C=O) groups excluding carboxylic acids is 1. The van der Waals surface area contributed by atoms with Crippen molar-refractivity contribution in [2.45, 2.75) is 13.0 Å². The molecule has 0 radical (unpaired) electrons. The number of methoxy groups -OCH3 is 1. The quantitative estimate of drug-likeness (QED) is 0.736. The number of nitrogens with one attached hydrogen (secondary N) is 1. The maximum Gasteiger partial charge on any atom is 0.250 e. The summed E-state index contributed by atoms with van der Waals surface area (Å²) in [5.41, 5.74) is 13.8. The van der Waals surface area contributed by atoms with Crippen molar-refractivity contribution in [3.05, 3.63) is 53.6 Å². The summed E-state index contributed by atoms with van der Waals surface area (Å²) in [5, 5.41) is 3.26. The first-order valence-electron chi connectivity index (χ1n) is 6.61. The summed E-state index contributed by atoms with van der Waals surface area (Å²) in [4.78, 5) is 11.5. The first kappa shape index (κ1) is 14.7. The van der Waals surface area contributed by atoms with Crippen LogP contribution in [0.2, 0.25) is 0 Å². The van der Waals surface area contributed by atoms with E-state index in [1.165, 1.54) is 0 Å². The molecule has 0 aromatic heterocycles.